The van der Waals surface area contributed by atoms with Crippen LogP contribution in [0.2, 0.25) is 0 Å². The van der Waals surface area contributed by atoms with Gasteiger partial charge in [0.25, 0.3) is 11.1 Å². The van der Waals surface area contributed by atoms with Gasteiger partial charge in [-0.05, 0) is 63.7 Å². The zero-order valence-electron chi connectivity index (χ0n) is 18.4. The molecule has 2 fully saturated rings. The molecule has 8 nitrogen and oxygen atoms in total. The van der Waals surface area contributed by atoms with Crippen molar-refractivity contribution in [3.05, 3.63) is 29.3 Å². The molecule has 32 heavy (non-hydrogen) atoms. The number of benzene rings is 1. The van der Waals surface area contributed by atoms with Gasteiger partial charge in [-0.15, -0.1) is 0 Å². The van der Waals surface area contributed by atoms with Crippen LogP contribution in [0.4, 0.5) is 10.5 Å². The van der Waals surface area contributed by atoms with E-state index in [0.29, 0.717) is 36.0 Å². The monoisotopic (exact) mass is 476 g/mol. The molecular formula is C22H28N4O4S2. The minimum absolute atomic E-state index is 0.0692. The molecule has 0 bridgehead atoms. The lowest BCUT2D eigenvalue weighted by molar-refractivity contribution is -0.123. The Morgan fingerprint density at radius 1 is 1.12 bits per heavy atom. The molecule has 2 amide bonds. The number of hydrogen-bond donors (Lipinski definition) is 1. The molecule has 0 unspecified atom stereocenters. The number of hydrogen-bond acceptors (Lipinski definition) is 6. The van der Waals surface area contributed by atoms with Gasteiger partial charge in [-0.25, -0.2) is 4.79 Å². The summed E-state index contributed by atoms with van der Waals surface area (Å²) in [7, 11) is 0. The fourth-order valence-corrected chi connectivity index (χ4v) is 5.17. The first-order chi connectivity index (χ1) is 15.2. The van der Waals surface area contributed by atoms with Crippen LogP contribution < -0.4 is 4.90 Å². The van der Waals surface area contributed by atoms with Crippen molar-refractivity contribution >= 4 is 52.8 Å². The third-order valence-electron chi connectivity index (χ3n) is 6.50. The number of piperazine rings is 1. The zero-order chi connectivity index (χ0) is 23.0. The number of unbranched alkanes of at least 4 members (excludes halogenated alkanes) is 1. The summed E-state index contributed by atoms with van der Waals surface area (Å²) in [5, 5.41) is 0.331. The van der Waals surface area contributed by atoms with E-state index in [0.717, 1.165) is 38.0 Å². The number of esters is 1. The highest BCUT2D eigenvalue weighted by Crippen LogP contribution is 2.34. The molecule has 0 atom stereocenters. The third-order valence-corrected chi connectivity index (χ3v) is 7.18. The Hall–Kier alpha value is -2.17. The second-order valence-electron chi connectivity index (χ2n) is 8.87. The van der Waals surface area contributed by atoms with E-state index in [9.17, 15) is 14.4 Å². The fraction of sp³-hybridized carbons (Fsp3) is 0.545. The van der Waals surface area contributed by atoms with E-state index in [4.69, 9.17) is 17.0 Å². The zero-order valence-corrected chi connectivity index (χ0v) is 20.1. The number of fused-ring (bicyclic) bond motifs is 1. The molecule has 0 N–H and O–H groups in total. The van der Waals surface area contributed by atoms with Crippen LogP contribution in [-0.2, 0) is 16.1 Å². The summed E-state index contributed by atoms with van der Waals surface area (Å²) in [4.78, 5) is 44.0. The number of ether oxygens (including phenoxy) is 1. The summed E-state index contributed by atoms with van der Waals surface area (Å²) in [6.07, 6.45) is 1.89. The largest absolute Gasteiger partial charge is 0.457 e. The van der Waals surface area contributed by atoms with Gasteiger partial charge >= 0.3 is 5.97 Å². The molecule has 0 saturated carbocycles. The second-order valence-corrected chi connectivity index (χ2v) is 9.62. The number of carbonyl (C=O) groups is 3. The van der Waals surface area contributed by atoms with E-state index >= 15 is 0 Å². The lowest BCUT2D eigenvalue weighted by Gasteiger charge is -2.34. The molecule has 4 rings (SSSR count). The number of amides is 2. The van der Waals surface area contributed by atoms with Crippen molar-refractivity contribution in [2.24, 2.45) is 0 Å². The second kappa shape index (κ2) is 8.99. The molecule has 2 saturated heterocycles. The standard InChI is InChI=1S/C22H28N4O4S2/c1-22(2)19(28)26(16-5-6-17-15(13-16)14-30-18(17)27)20(31)25(22)8-4-3-7-23-9-11-24(12-10-23)21(29)32/h5-6,13H,3-4,7-12,14H2,1-2H3,(H,29,32). The van der Waals surface area contributed by atoms with Crippen molar-refractivity contribution in [1.29, 1.82) is 0 Å². The van der Waals surface area contributed by atoms with Crippen molar-refractivity contribution < 1.29 is 19.1 Å². The molecule has 3 aliphatic rings. The van der Waals surface area contributed by atoms with Crippen LogP contribution in [0.1, 0.15) is 42.6 Å². The number of nitrogens with zero attached hydrogens (tertiary/aromatic N) is 4. The Kier molecular flexibility index (Phi) is 6.46. The van der Waals surface area contributed by atoms with Crippen molar-refractivity contribution in [3.63, 3.8) is 0 Å². The minimum Gasteiger partial charge on any atom is -0.457 e. The van der Waals surface area contributed by atoms with Gasteiger partial charge < -0.3 is 14.5 Å². The SMILES string of the molecule is CC1(C)C(=O)N(c2ccc3c(c2)COC3=O)C(=S)N1CCCCN1CCN(C(=O)S)CC1. The molecule has 3 aliphatic heterocycles. The smallest absolute Gasteiger partial charge is 0.338 e. The van der Waals surface area contributed by atoms with Gasteiger partial charge in [-0.2, -0.15) is 0 Å². The van der Waals surface area contributed by atoms with Crippen LogP contribution in [0.5, 0.6) is 0 Å². The van der Waals surface area contributed by atoms with E-state index in [-0.39, 0.29) is 23.7 Å². The van der Waals surface area contributed by atoms with Crippen LogP contribution in [0.3, 0.4) is 0 Å². The molecular weight excluding hydrogens is 448 g/mol. The van der Waals surface area contributed by atoms with Gasteiger partial charge in [0.1, 0.15) is 12.1 Å². The van der Waals surface area contributed by atoms with E-state index in [1.54, 1.807) is 21.9 Å². The van der Waals surface area contributed by atoms with Crippen LogP contribution in [0.15, 0.2) is 18.2 Å². The summed E-state index contributed by atoms with van der Waals surface area (Å²) < 4.78 is 5.08. The number of cyclic esters (lactones) is 1. The Morgan fingerprint density at radius 2 is 1.81 bits per heavy atom. The quantitative estimate of drug-likeness (QED) is 0.293. The highest BCUT2D eigenvalue weighted by atomic mass is 32.1. The Labute approximate surface area is 198 Å². The summed E-state index contributed by atoms with van der Waals surface area (Å²) in [6.45, 7) is 8.80. The maximum atomic E-state index is 13.2. The van der Waals surface area contributed by atoms with Gasteiger partial charge in [0.15, 0.2) is 5.11 Å². The first kappa shape index (κ1) is 23.0. The number of rotatable bonds is 6. The van der Waals surface area contributed by atoms with Gasteiger partial charge in [-0.3, -0.25) is 19.4 Å². The van der Waals surface area contributed by atoms with E-state index < -0.39 is 5.54 Å². The van der Waals surface area contributed by atoms with Crippen LogP contribution >= 0.6 is 24.8 Å². The lowest BCUT2D eigenvalue weighted by Crippen LogP contribution is -2.47. The molecule has 3 heterocycles. The van der Waals surface area contributed by atoms with E-state index in [2.05, 4.69) is 17.5 Å². The predicted octanol–water partition coefficient (Wildman–Crippen LogP) is 2.52. The van der Waals surface area contributed by atoms with Crippen LogP contribution in [0.25, 0.3) is 0 Å². The first-order valence-corrected chi connectivity index (χ1v) is 11.7. The maximum absolute atomic E-state index is 13.2. The van der Waals surface area contributed by atoms with Gasteiger partial charge in [-0.1, -0.05) is 12.6 Å². The average molecular weight is 477 g/mol. The summed E-state index contributed by atoms with van der Waals surface area (Å²) in [6, 6.07) is 5.27. The molecule has 0 aliphatic carbocycles. The highest BCUT2D eigenvalue weighted by Gasteiger charge is 2.49. The number of anilines is 1. The third kappa shape index (κ3) is 4.23. The molecule has 1 aromatic carbocycles. The van der Waals surface area contributed by atoms with E-state index in [1.165, 1.54) is 0 Å². The van der Waals surface area contributed by atoms with Crippen LogP contribution in [-0.4, -0.2) is 81.7 Å². The van der Waals surface area contributed by atoms with Gasteiger partial charge in [0.2, 0.25) is 0 Å². The minimum atomic E-state index is -0.735. The maximum Gasteiger partial charge on any atom is 0.338 e. The Bertz CT molecular complexity index is 959. The first-order valence-electron chi connectivity index (χ1n) is 10.9. The topological polar surface area (TPSA) is 73.4 Å². The number of thiocarbonyl (C=S) groups is 1. The van der Waals surface area contributed by atoms with Crippen molar-refractivity contribution in [1.82, 2.24) is 14.7 Å². The van der Waals surface area contributed by atoms with Crippen molar-refractivity contribution in [2.75, 3.05) is 44.2 Å². The lowest BCUT2D eigenvalue weighted by atomic mass is 10.0. The molecule has 172 valence electrons. The molecule has 1 aromatic rings. The average Bonchev–Trinajstić information content (AvgIpc) is 3.21. The summed E-state index contributed by atoms with van der Waals surface area (Å²) in [5.74, 6) is -0.400. The molecule has 0 aromatic heterocycles. The summed E-state index contributed by atoms with van der Waals surface area (Å²) in [5.41, 5.74) is 1.26. The Balaban J connectivity index is 1.35. The number of thiol groups is 1. The van der Waals surface area contributed by atoms with Crippen LogP contribution in [0, 0.1) is 0 Å². The predicted molar refractivity (Wildman–Crippen MR) is 128 cm³/mol. The molecule has 0 spiro atoms. The van der Waals surface area contributed by atoms with Gasteiger partial charge in [0.05, 0.1) is 11.3 Å². The molecule has 0 radical (unpaired) electrons. The molecule has 10 heteroatoms. The summed E-state index contributed by atoms with van der Waals surface area (Å²) >= 11 is 9.60. The van der Waals surface area contributed by atoms with Gasteiger partial charge in [0, 0.05) is 38.3 Å². The Morgan fingerprint density at radius 3 is 2.50 bits per heavy atom. The fourth-order valence-electron chi connectivity index (χ4n) is 4.47. The van der Waals surface area contributed by atoms with Crippen molar-refractivity contribution in [3.8, 4) is 0 Å². The highest BCUT2D eigenvalue weighted by molar-refractivity contribution is 7.96. The van der Waals surface area contributed by atoms with E-state index in [1.807, 2.05) is 24.8 Å². The normalized spacial score (nSPS) is 20.7. The number of carbonyl (C=O) groups excluding carboxylic acids is 3. The van der Waals surface area contributed by atoms with Crippen molar-refractivity contribution in [2.45, 2.75) is 38.8 Å².